The monoisotopic (exact) mass is 419 g/mol. The van der Waals surface area contributed by atoms with Gasteiger partial charge in [-0.25, -0.2) is 9.37 Å². The van der Waals surface area contributed by atoms with E-state index in [1.165, 1.54) is 0 Å². The van der Waals surface area contributed by atoms with Crippen molar-refractivity contribution >= 4 is 40.0 Å². The highest BCUT2D eigenvalue weighted by molar-refractivity contribution is 14.1. The van der Waals surface area contributed by atoms with Crippen LogP contribution in [0.4, 0.5) is 10.2 Å². The van der Waals surface area contributed by atoms with Crippen LogP contribution in [0.15, 0.2) is 30.3 Å². The average molecular weight is 420 g/mol. The van der Waals surface area contributed by atoms with Gasteiger partial charge in [0.1, 0.15) is 5.69 Å². The Morgan fingerprint density at radius 2 is 1.86 bits per heavy atom. The Kier molecular flexibility index (Phi) is 5.03. The molecule has 0 fully saturated rings. The smallest absolute Gasteiger partial charge is 0.225 e. The van der Waals surface area contributed by atoms with Gasteiger partial charge in [0.15, 0.2) is 11.6 Å². The second-order valence-corrected chi connectivity index (χ2v) is 7.54. The predicted octanol–water partition coefficient (Wildman–Crippen LogP) is 4.95. The molecule has 1 N–H and O–H groups in total. The molecule has 0 saturated heterocycles. The molecule has 3 nitrogen and oxygen atoms in total. The molecule has 1 aromatic carbocycles. The molecule has 0 bridgehead atoms. The summed E-state index contributed by atoms with van der Waals surface area (Å²) in [6.07, 6.45) is 0. The molecule has 21 heavy (non-hydrogen) atoms. The lowest BCUT2D eigenvalue weighted by atomic mass is 10.0. The molecular formula is C15H16ClFIN3. The van der Waals surface area contributed by atoms with Gasteiger partial charge in [-0.1, -0.05) is 59.8 Å². The molecule has 0 radical (unpaired) electrons. The van der Waals surface area contributed by atoms with Gasteiger partial charge >= 0.3 is 0 Å². The van der Waals surface area contributed by atoms with Gasteiger partial charge < -0.3 is 5.32 Å². The summed E-state index contributed by atoms with van der Waals surface area (Å²) in [6, 6.07) is 9.10. The summed E-state index contributed by atoms with van der Waals surface area (Å²) in [5.41, 5.74) is 0.547. The van der Waals surface area contributed by atoms with Crippen LogP contribution in [0, 0.1) is 5.82 Å². The summed E-state index contributed by atoms with van der Waals surface area (Å²) in [7, 11) is 0. The van der Waals surface area contributed by atoms with Crippen LogP contribution in [-0.2, 0) is 0 Å². The lowest BCUT2D eigenvalue weighted by molar-refractivity contribution is 0.555. The zero-order valence-electron chi connectivity index (χ0n) is 12.0. The highest BCUT2D eigenvalue weighted by Crippen LogP contribution is 2.29. The van der Waals surface area contributed by atoms with Crippen LogP contribution in [0.1, 0.15) is 20.8 Å². The van der Waals surface area contributed by atoms with Crippen molar-refractivity contribution in [2.45, 2.75) is 30.2 Å². The van der Waals surface area contributed by atoms with Crippen molar-refractivity contribution < 1.29 is 4.39 Å². The van der Waals surface area contributed by atoms with Crippen LogP contribution in [-0.4, -0.2) is 19.4 Å². The Morgan fingerprint density at radius 1 is 1.24 bits per heavy atom. The summed E-state index contributed by atoms with van der Waals surface area (Å²) < 4.78 is 15.0. The van der Waals surface area contributed by atoms with E-state index in [1.54, 1.807) is 12.1 Å². The van der Waals surface area contributed by atoms with E-state index in [2.05, 4.69) is 37.9 Å². The largest absolute Gasteiger partial charge is 0.362 e. The highest BCUT2D eigenvalue weighted by atomic mass is 127. The van der Waals surface area contributed by atoms with Crippen LogP contribution < -0.4 is 5.32 Å². The third kappa shape index (κ3) is 3.83. The Labute approximate surface area is 142 Å². The number of hydrogen-bond donors (Lipinski definition) is 1. The van der Waals surface area contributed by atoms with E-state index in [0.29, 0.717) is 5.56 Å². The Balaban J connectivity index is 2.48. The number of benzene rings is 1. The summed E-state index contributed by atoms with van der Waals surface area (Å²) in [5.74, 6) is -0.363. The van der Waals surface area contributed by atoms with Gasteiger partial charge in [0.05, 0.1) is 0 Å². The fourth-order valence-corrected chi connectivity index (χ4v) is 2.02. The molecule has 2 aromatic rings. The second kappa shape index (κ2) is 6.44. The van der Waals surface area contributed by atoms with Gasteiger partial charge in [-0.2, -0.15) is 4.98 Å². The number of halogens is 3. The molecule has 0 amide bonds. The summed E-state index contributed by atoms with van der Waals surface area (Å²) >= 11 is 8.24. The predicted molar refractivity (Wildman–Crippen MR) is 93.6 cm³/mol. The molecule has 6 heteroatoms. The highest BCUT2D eigenvalue weighted by Gasteiger charge is 2.26. The maximum atomic E-state index is 14.7. The van der Waals surface area contributed by atoms with Gasteiger partial charge in [-0.15, -0.1) is 0 Å². The molecule has 0 aliphatic rings. The molecule has 0 spiro atoms. The Bertz CT molecular complexity index is 632. The molecule has 112 valence electrons. The number of rotatable bonds is 4. The van der Waals surface area contributed by atoms with Crippen LogP contribution in [0.25, 0.3) is 11.3 Å². The second-order valence-electron chi connectivity index (χ2n) is 5.33. The van der Waals surface area contributed by atoms with Crippen LogP contribution in [0.2, 0.25) is 5.28 Å². The van der Waals surface area contributed by atoms with E-state index in [1.807, 2.05) is 39.0 Å². The van der Waals surface area contributed by atoms with Gasteiger partial charge in [-0.05, 0) is 25.4 Å². The van der Waals surface area contributed by atoms with E-state index in [4.69, 9.17) is 11.6 Å². The van der Waals surface area contributed by atoms with E-state index in [-0.39, 0.29) is 26.3 Å². The quantitative estimate of drug-likeness (QED) is 0.433. The van der Waals surface area contributed by atoms with Crippen molar-refractivity contribution in [1.82, 2.24) is 9.97 Å². The van der Waals surface area contributed by atoms with Crippen LogP contribution in [0.5, 0.6) is 0 Å². The number of hydrogen-bond acceptors (Lipinski definition) is 3. The SMILES string of the molecule is CC(I)C(C)(C)Nc1nc(Cl)nc(-c2ccccc2)c1F. The summed E-state index contributed by atoms with van der Waals surface area (Å²) in [6.45, 7) is 6.02. The minimum absolute atomic E-state index is 0.0228. The van der Waals surface area contributed by atoms with Crippen molar-refractivity contribution in [3.05, 3.63) is 41.4 Å². The van der Waals surface area contributed by atoms with Crippen LogP contribution in [0.3, 0.4) is 0 Å². The van der Waals surface area contributed by atoms with Gasteiger partial charge in [0.2, 0.25) is 5.28 Å². The topological polar surface area (TPSA) is 37.8 Å². The lowest BCUT2D eigenvalue weighted by Gasteiger charge is -2.30. The first-order valence-corrected chi connectivity index (χ1v) is 8.14. The molecule has 1 unspecified atom stereocenters. The fourth-order valence-electron chi connectivity index (χ4n) is 1.69. The first kappa shape index (κ1) is 16.4. The zero-order chi connectivity index (χ0) is 15.6. The first-order valence-electron chi connectivity index (χ1n) is 6.52. The van der Waals surface area contributed by atoms with Crippen molar-refractivity contribution in [3.8, 4) is 11.3 Å². The Hall–Kier alpha value is -0.950. The fraction of sp³-hybridized carbons (Fsp3) is 0.333. The average Bonchev–Trinajstić information content (AvgIpc) is 2.43. The number of alkyl halides is 1. The maximum absolute atomic E-state index is 14.7. The molecule has 0 aliphatic carbocycles. The van der Waals surface area contributed by atoms with E-state index in [0.717, 1.165) is 0 Å². The van der Waals surface area contributed by atoms with Crippen molar-refractivity contribution in [1.29, 1.82) is 0 Å². The van der Waals surface area contributed by atoms with Crippen molar-refractivity contribution in [2.75, 3.05) is 5.32 Å². The summed E-state index contributed by atoms with van der Waals surface area (Å²) in [4.78, 5) is 8.01. The molecule has 1 heterocycles. The molecular weight excluding hydrogens is 404 g/mol. The molecule has 0 saturated carbocycles. The van der Waals surface area contributed by atoms with Crippen LogP contribution >= 0.6 is 34.2 Å². The lowest BCUT2D eigenvalue weighted by Crippen LogP contribution is -2.39. The summed E-state index contributed by atoms with van der Waals surface area (Å²) in [5, 5.41) is 3.14. The van der Waals surface area contributed by atoms with Gasteiger partial charge in [-0.3, -0.25) is 0 Å². The number of nitrogens with one attached hydrogen (secondary N) is 1. The maximum Gasteiger partial charge on any atom is 0.225 e. The first-order chi connectivity index (χ1) is 9.81. The van der Waals surface area contributed by atoms with Crippen molar-refractivity contribution in [3.63, 3.8) is 0 Å². The van der Waals surface area contributed by atoms with Crippen molar-refractivity contribution in [2.24, 2.45) is 0 Å². The molecule has 2 rings (SSSR count). The van der Waals surface area contributed by atoms with E-state index < -0.39 is 5.82 Å². The Morgan fingerprint density at radius 3 is 2.43 bits per heavy atom. The normalized spacial score (nSPS) is 13.0. The van der Waals surface area contributed by atoms with E-state index in [9.17, 15) is 4.39 Å². The minimum Gasteiger partial charge on any atom is -0.362 e. The zero-order valence-corrected chi connectivity index (χ0v) is 14.9. The third-order valence-electron chi connectivity index (χ3n) is 3.31. The third-order valence-corrected chi connectivity index (χ3v) is 5.03. The van der Waals surface area contributed by atoms with E-state index >= 15 is 0 Å². The molecule has 1 aromatic heterocycles. The standard InChI is InChI=1S/C15H16ClFIN3/c1-9(18)15(2,3)21-13-11(17)12(19-14(16)20-13)10-7-5-4-6-8-10/h4-9H,1-3H3,(H,19,20,21). The number of anilines is 1. The number of nitrogens with zero attached hydrogens (tertiary/aromatic N) is 2. The number of aromatic nitrogens is 2. The minimum atomic E-state index is -0.490. The van der Waals surface area contributed by atoms with Gasteiger partial charge in [0.25, 0.3) is 0 Å². The molecule has 1 atom stereocenters. The van der Waals surface area contributed by atoms with Gasteiger partial charge in [0, 0.05) is 15.0 Å². The molecule has 0 aliphatic heterocycles.